The molecule has 4 nitrogen and oxygen atoms in total. The van der Waals surface area contributed by atoms with Crippen LogP contribution in [0.15, 0.2) is 322 Å². The van der Waals surface area contributed by atoms with Crippen LogP contribution in [0.5, 0.6) is 0 Å². The molecule has 0 unspecified atom stereocenters. The predicted octanol–water partition coefficient (Wildman–Crippen LogP) is 22.2. The summed E-state index contributed by atoms with van der Waals surface area (Å²) in [6.07, 6.45) is 0. The summed E-state index contributed by atoms with van der Waals surface area (Å²) >= 11 is 0. The van der Waals surface area contributed by atoms with Crippen molar-refractivity contribution in [1.82, 2.24) is 9.13 Å². The number of nitrogens with zero attached hydrogens (tertiary/aromatic N) is 4. The van der Waals surface area contributed by atoms with E-state index in [2.05, 4.69) is 347 Å². The largest absolute Gasteiger partial charge is 0.345 e. The van der Waals surface area contributed by atoms with Crippen LogP contribution < -0.4 is 9.80 Å². The summed E-state index contributed by atoms with van der Waals surface area (Å²) < 4.78 is 4.92. The Balaban J connectivity index is 0.659. The molecule has 16 aromatic rings. The van der Waals surface area contributed by atoms with Crippen molar-refractivity contribution in [2.45, 2.75) is 6.54 Å². The van der Waals surface area contributed by atoms with Crippen molar-refractivity contribution in [1.29, 1.82) is 0 Å². The third kappa shape index (κ3) is 9.04. The molecule has 0 aliphatic rings. The van der Waals surface area contributed by atoms with Crippen molar-refractivity contribution in [3.8, 4) is 50.2 Å². The van der Waals surface area contributed by atoms with Gasteiger partial charge in [-0.15, -0.1) is 0 Å². The molecule has 0 fully saturated rings. The van der Waals surface area contributed by atoms with E-state index in [-0.39, 0.29) is 0 Å². The number of para-hydroxylation sites is 1. The van der Waals surface area contributed by atoms with Gasteiger partial charge in [0, 0.05) is 74.8 Å². The summed E-state index contributed by atoms with van der Waals surface area (Å²) in [7, 11) is 2.16. The number of aromatic nitrogens is 2. The zero-order valence-electron chi connectivity index (χ0n) is 47.6. The SMILES string of the molecule is CN(c1ccc(Cn2c3ccc(N(c4ccccc4)c4ccc(-c5ccccc5)cc4)cc3c3c4ccccc4ccc32)cc1)c1ccc(-c2ccc(-c3ccc4c(c3)c3cc5ccccc5cc3n4-c3ccc(-c4ccccc4)cc3)cc2)cc1. The van der Waals surface area contributed by atoms with Crippen molar-refractivity contribution in [3.05, 3.63) is 327 Å². The van der Waals surface area contributed by atoms with E-state index < -0.39 is 0 Å². The molecule has 2 heterocycles. The summed E-state index contributed by atoms with van der Waals surface area (Å²) in [5, 5.41) is 9.98. The molecule has 0 spiro atoms. The molecule has 406 valence electrons. The average molecular weight is 1100 g/mol. The van der Waals surface area contributed by atoms with Crippen molar-refractivity contribution in [2.75, 3.05) is 16.8 Å². The highest BCUT2D eigenvalue weighted by molar-refractivity contribution is 6.21. The highest BCUT2D eigenvalue weighted by Gasteiger charge is 2.20. The van der Waals surface area contributed by atoms with Gasteiger partial charge in [-0.25, -0.2) is 0 Å². The maximum atomic E-state index is 2.50. The number of benzene rings is 14. The van der Waals surface area contributed by atoms with Crippen LogP contribution in [-0.4, -0.2) is 16.2 Å². The maximum absolute atomic E-state index is 2.50. The lowest BCUT2D eigenvalue weighted by atomic mass is 9.98. The Morgan fingerprint density at radius 1 is 0.267 bits per heavy atom. The van der Waals surface area contributed by atoms with Gasteiger partial charge in [0.05, 0.1) is 16.6 Å². The minimum Gasteiger partial charge on any atom is -0.345 e. The van der Waals surface area contributed by atoms with Gasteiger partial charge in [-0.05, 0) is 181 Å². The summed E-state index contributed by atoms with van der Waals surface area (Å²) in [5.41, 5.74) is 22.4. The molecule has 0 aliphatic heterocycles. The van der Waals surface area contributed by atoms with Gasteiger partial charge >= 0.3 is 0 Å². The normalized spacial score (nSPS) is 11.6. The van der Waals surface area contributed by atoms with E-state index in [1.807, 2.05) is 0 Å². The fraction of sp³-hybridized carbons (Fsp3) is 0.0244. The monoisotopic (exact) mass is 1100 g/mol. The van der Waals surface area contributed by atoms with E-state index in [4.69, 9.17) is 0 Å². The summed E-state index contributed by atoms with van der Waals surface area (Å²) in [5.74, 6) is 0. The molecule has 0 aliphatic carbocycles. The maximum Gasteiger partial charge on any atom is 0.0547 e. The van der Waals surface area contributed by atoms with E-state index >= 15 is 0 Å². The minimum atomic E-state index is 0.736. The number of hydrogen-bond acceptors (Lipinski definition) is 2. The number of rotatable bonds is 12. The number of hydrogen-bond donors (Lipinski definition) is 0. The first-order valence-corrected chi connectivity index (χ1v) is 29.6. The molecule has 0 saturated carbocycles. The van der Waals surface area contributed by atoms with Gasteiger partial charge < -0.3 is 18.9 Å². The van der Waals surface area contributed by atoms with Gasteiger partial charge in [0.2, 0.25) is 0 Å². The smallest absolute Gasteiger partial charge is 0.0547 e. The van der Waals surface area contributed by atoms with Crippen LogP contribution in [0.4, 0.5) is 28.4 Å². The Hall–Kier alpha value is -11.2. The zero-order valence-corrected chi connectivity index (χ0v) is 47.6. The molecular weight excluding hydrogens is 1040 g/mol. The topological polar surface area (TPSA) is 16.3 Å². The first-order valence-electron chi connectivity index (χ1n) is 29.6. The lowest BCUT2D eigenvalue weighted by molar-refractivity contribution is 0.869. The van der Waals surface area contributed by atoms with Crippen molar-refractivity contribution in [3.63, 3.8) is 0 Å². The van der Waals surface area contributed by atoms with Gasteiger partial charge in [0.1, 0.15) is 0 Å². The molecular formula is C82H58N4. The van der Waals surface area contributed by atoms with Crippen LogP contribution >= 0.6 is 0 Å². The van der Waals surface area contributed by atoms with Gasteiger partial charge in [-0.3, -0.25) is 0 Å². The Kier molecular flexibility index (Phi) is 12.5. The van der Waals surface area contributed by atoms with Gasteiger partial charge in [-0.2, -0.15) is 0 Å². The van der Waals surface area contributed by atoms with Crippen LogP contribution in [-0.2, 0) is 6.54 Å². The van der Waals surface area contributed by atoms with Crippen molar-refractivity contribution < 1.29 is 0 Å². The van der Waals surface area contributed by atoms with Gasteiger partial charge in [0.25, 0.3) is 0 Å². The Labute approximate surface area is 500 Å². The molecule has 0 atom stereocenters. The molecule has 0 amide bonds. The van der Waals surface area contributed by atoms with Crippen molar-refractivity contribution in [2.24, 2.45) is 0 Å². The number of fused-ring (bicyclic) bond motifs is 9. The number of anilines is 5. The third-order valence-electron chi connectivity index (χ3n) is 17.6. The molecule has 0 saturated heterocycles. The second-order valence-corrected chi connectivity index (χ2v) is 22.6. The summed E-state index contributed by atoms with van der Waals surface area (Å²) in [6.45, 7) is 0.736. The fourth-order valence-electron chi connectivity index (χ4n) is 13.1. The molecule has 14 aromatic carbocycles. The minimum absolute atomic E-state index is 0.736. The molecule has 0 N–H and O–H groups in total. The van der Waals surface area contributed by atoms with Gasteiger partial charge in [-0.1, -0.05) is 212 Å². The van der Waals surface area contributed by atoms with Crippen molar-refractivity contribution >= 4 is 93.6 Å². The Morgan fingerprint density at radius 2 is 0.709 bits per heavy atom. The van der Waals surface area contributed by atoms with Crippen LogP contribution in [0.2, 0.25) is 0 Å². The van der Waals surface area contributed by atoms with E-state index in [1.54, 1.807) is 0 Å². The first kappa shape index (κ1) is 50.5. The molecule has 0 radical (unpaired) electrons. The second-order valence-electron chi connectivity index (χ2n) is 22.6. The van der Waals surface area contributed by atoms with Crippen LogP contribution in [0.3, 0.4) is 0 Å². The molecule has 0 bridgehead atoms. The van der Waals surface area contributed by atoms with E-state index in [0.29, 0.717) is 0 Å². The molecule has 86 heavy (non-hydrogen) atoms. The van der Waals surface area contributed by atoms with Crippen LogP contribution in [0, 0.1) is 0 Å². The van der Waals surface area contributed by atoms with Crippen LogP contribution in [0.1, 0.15) is 5.56 Å². The zero-order chi connectivity index (χ0) is 57.1. The Morgan fingerprint density at radius 3 is 1.35 bits per heavy atom. The van der Waals surface area contributed by atoms with Gasteiger partial charge in [0.15, 0.2) is 0 Å². The lowest BCUT2D eigenvalue weighted by Gasteiger charge is -2.26. The predicted molar refractivity (Wildman–Crippen MR) is 365 cm³/mol. The van der Waals surface area contributed by atoms with E-state index in [0.717, 1.165) is 40.7 Å². The lowest BCUT2D eigenvalue weighted by Crippen LogP contribution is -2.10. The Bertz CT molecular complexity index is 5140. The standard InChI is InChI=1S/C82H58N4/c1-83(69-41-31-62(32-42-69)59-27-29-63(30-28-59)67-38-48-79-75(52-67)76-51-65-20-11-12-21-66(65)53-81(76)86(79)72-45-35-61(36-46-72)58-17-7-3-8-18-58)68-39-25-56(26-40-68)55-84-78-50-47-73(54-77(78)82-74-24-14-13-19-64(74)37-49-80(82)84)85(70-22-9-4-10-23-70)71-43-33-60(34-44-71)57-15-5-2-6-16-57/h2-54H,55H2,1H3. The first-order chi connectivity index (χ1) is 42.5. The second kappa shape index (κ2) is 21.2. The third-order valence-corrected chi connectivity index (χ3v) is 17.6. The molecule has 2 aromatic heterocycles. The molecule has 16 rings (SSSR count). The molecule has 4 heteroatoms. The van der Waals surface area contributed by atoms with E-state index in [1.165, 1.54) is 115 Å². The highest BCUT2D eigenvalue weighted by Crippen LogP contribution is 2.43. The highest BCUT2D eigenvalue weighted by atomic mass is 15.1. The quantitative estimate of drug-likeness (QED) is 0.121. The van der Waals surface area contributed by atoms with E-state index in [9.17, 15) is 0 Å². The fourth-order valence-corrected chi connectivity index (χ4v) is 13.1. The van der Waals surface area contributed by atoms with Crippen LogP contribution in [0.25, 0.3) is 115 Å². The summed E-state index contributed by atoms with van der Waals surface area (Å²) in [4.78, 5) is 4.65. The summed E-state index contributed by atoms with van der Waals surface area (Å²) in [6, 6.07) is 118. The average Bonchev–Trinajstić information content (AvgIpc) is 1.79.